The van der Waals surface area contributed by atoms with Crippen molar-refractivity contribution in [1.82, 2.24) is 14.3 Å². The van der Waals surface area contributed by atoms with Gasteiger partial charge >= 0.3 is 0 Å². The zero-order valence-electron chi connectivity index (χ0n) is 13.8. The van der Waals surface area contributed by atoms with E-state index in [4.69, 9.17) is 4.98 Å². The van der Waals surface area contributed by atoms with Gasteiger partial charge in [0.05, 0.1) is 5.69 Å². The zero-order valence-corrected chi connectivity index (χ0v) is 14.6. The minimum absolute atomic E-state index is 0.0668. The number of hydrogen-bond donors (Lipinski definition) is 0. The minimum Gasteiger partial charge on any atom is -0.294 e. The number of aryl methyl sites for hydroxylation is 1. The smallest absolute Gasteiger partial charge is 0.259 e. The van der Waals surface area contributed by atoms with Crippen molar-refractivity contribution in [3.63, 3.8) is 0 Å². The lowest BCUT2D eigenvalue weighted by Crippen LogP contribution is -2.36. The van der Waals surface area contributed by atoms with Crippen LogP contribution in [-0.4, -0.2) is 26.9 Å². The fraction of sp³-hybridized carbons (Fsp3) is 0.667. The Labute approximate surface area is 141 Å². The minimum atomic E-state index is 0.0668. The molecule has 0 bridgehead atoms. The van der Waals surface area contributed by atoms with Crippen molar-refractivity contribution < 1.29 is 0 Å². The quantitative estimate of drug-likeness (QED) is 0.862. The molecule has 2 aromatic heterocycles. The molecule has 5 heteroatoms. The van der Waals surface area contributed by atoms with E-state index in [1.807, 2.05) is 12.3 Å². The first-order valence-corrected chi connectivity index (χ1v) is 9.81. The van der Waals surface area contributed by atoms with Gasteiger partial charge in [-0.15, -0.1) is 11.3 Å². The number of nitrogens with zero attached hydrogens (tertiary/aromatic N) is 3. The SMILES string of the molecule is Cc1csc2nc(CN3CCC[C@H]3C3CCCCC3)cc(=O)n12. The molecule has 0 aromatic carbocycles. The second-order valence-electron chi connectivity index (χ2n) is 7.16. The van der Waals surface area contributed by atoms with Crippen LogP contribution in [-0.2, 0) is 6.54 Å². The molecule has 2 fully saturated rings. The largest absolute Gasteiger partial charge is 0.294 e. The van der Waals surface area contributed by atoms with Crippen LogP contribution in [0.3, 0.4) is 0 Å². The van der Waals surface area contributed by atoms with Gasteiger partial charge in [-0.2, -0.15) is 0 Å². The molecule has 1 saturated carbocycles. The third kappa shape index (κ3) is 2.96. The predicted octanol–water partition coefficient (Wildman–Crippen LogP) is 3.61. The summed E-state index contributed by atoms with van der Waals surface area (Å²) < 4.78 is 1.72. The van der Waals surface area contributed by atoms with Gasteiger partial charge in [-0.25, -0.2) is 4.98 Å². The molecule has 23 heavy (non-hydrogen) atoms. The van der Waals surface area contributed by atoms with Crippen molar-refractivity contribution in [1.29, 1.82) is 0 Å². The second-order valence-corrected chi connectivity index (χ2v) is 8.00. The summed E-state index contributed by atoms with van der Waals surface area (Å²) in [6.45, 7) is 3.96. The van der Waals surface area contributed by atoms with Crippen LogP contribution >= 0.6 is 11.3 Å². The highest BCUT2D eigenvalue weighted by Gasteiger charge is 2.32. The van der Waals surface area contributed by atoms with Gasteiger partial charge in [0.25, 0.3) is 5.56 Å². The average molecular weight is 331 g/mol. The van der Waals surface area contributed by atoms with E-state index in [1.165, 1.54) is 44.9 Å². The van der Waals surface area contributed by atoms with E-state index >= 15 is 0 Å². The van der Waals surface area contributed by atoms with Crippen LogP contribution in [0.1, 0.15) is 56.3 Å². The van der Waals surface area contributed by atoms with Gasteiger partial charge < -0.3 is 0 Å². The predicted molar refractivity (Wildman–Crippen MR) is 94.1 cm³/mol. The molecule has 0 N–H and O–H groups in total. The highest BCUT2D eigenvalue weighted by molar-refractivity contribution is 7.15. The van der Waals surface area contributed by atoms with Crippen LogP contribution in [0.25, 0.3) is 4.96 Å². The fourth-order valence-electron chi connectivity index (χ4n) is 4.49. The molecule has 0 radical (unpaired) electrons. The van der Waals surface area contributed by atoms with Gasteiger partial charge in [-0.05, 0) is 45.1 Å². The van der Waals surface area contributed by atoms with Gasteiger partial charge in [-0.1, -0.05) is 19.3 Å². The van der Waals surface area contributed by atoms with E-state index in [1.54, 1.807) is 21.8 Å². The molecular formula is C18H25N3OS. The maximum absolute atomic E-state index is 12.3. The first-order valence-electron chi connectivity index (χ1n) is 8.93. The molecule has 0 spiro atoms. The molecule has 1 aliphatic carbocycles. The Kier molecular flexibility index (Phi) is 4.24. The Morgan fingerprint density at radius 1 is 1.22 bits per heavy atom. The van der Waals surface area contributed by atoms with Crippen molar-refractivity contribution in [2.24, 2.45) is 5.92 Å². The lowest BCUT2D eigenvalue weighted by molar-refractivity contribution is 0.150. The molecule has 2 aromatic rings. The number of thiazole rings is 1. The number of aromatic nitrogens is 2. The van der Waals surface area contributed by atoms with Gasteiger partial charge in [0.15, 0.2) is 4.96 Å². The lowest BCUT2D eigenvalue weighted by atomic mass is 9.83. The van der Waals surface area contributed by atoms with E-state index < -0.39 is 0 Å². The topological polar surface area (TPSA) is 37.6 Å². The molecular weight excluding hydrogens is 306 g/mol. The molecule has 2 aliphatic rings. The molecule has 3 heterocycles. The Morgan fingerprint density at radius 3 is 2.87 bits per heavy atom. The molecule has 1 atom stereocenters. The molecule has 124 valence electrons. The Balaban J connectivity index is 1.55. The van der Waals surface area contributed by atoms with Crippen LogP contribution in [0.5, 0.6) is 0 Å². The maximum Gasteiger partial charge on any atom is 0.259 e. The number of rotatable bonds is 3. The summed E-state index contributed by atoms with van der Waals surface area (Å²) in [6.07, 6.45) is 9.60. The lowest BCUT2D eigenvalue weighted by Gasteiger charge is -2.33. The highest BCUT2D eigenvalue weighted by Crippen LogP contribution is 2.34. The standard InChI is InChI=1S/C18H25N3OS/c1-13-12-23-18-19-15(10-17(22)21(13)18)11-20-9-5-8-16(20)14-6-3-2-4-7-14/h10,12,14,16H,2-9,11H2,1H3/t16-/m0/s1. The van der Waals surface area contributed by atoms with Crippen LogP contribution in [0.4, 0.5) is 0 Å². The first-order chi connectivity index (χ1) is 11.2. The van der Waals surface area contributed by atoms with Crippen LogP contribution in [0.15, 0.2) is 16.2 Å². The van der Waals surface area contributed by atoms with E-state index in [0.29, 0.717) is 6.04 Å². The van der Waals surface area contributed by atoms with Crippen LogP contribution in [0, 0.1) is 12.8 Å². The Bertz CT molecular complexity index is 744. The third-order valence-electron chi connectivity index (χ3n) is 5.60. The Morgan fingerprint density at radius 2 is 2.04 bits per heavy atom. The first kappa shape index (κ1) is 15.3. The molecule has 4 nitrogen and oxygen atoms in total. The summed E-state index contributed by atoms with van der Waals surface area (Å²) in [4.78, 5) is 20.5. The molecule has 1 saturated heterocycles. The van der Waals surface area contributed by atoms with Crippen LogP contribution in [0.2, 0.25) is 0 Å². The van der Waals surface area contributed by atoms with Crippen LogP contribution < -0.4 is 5.56 Å². The molecule has 0 amide bonds. The molecule has 1 aliphatic heterocycles. The van der Waals surface area contributed by atoms with E-state index in [-0.39, 0.29) is 5.56 Å². The van der Waals surface area contributed by atoms with Crippen molar-refractivity contribution >= 4 is 16.3 Å². The maximum atomic E-state index is 12.3. The summed E-state index contributed by atoms with van der Waals surface area (Å²) in [5.41, 5.74) is 1.99. The van der Waals surface area contributed by atoms with Gasteiger partial charge in [0.1, 0.15) is 0 Å². The third-order valence-corrected chi connectivity index (χ3v) is 6.55. The van der Waals surface area contributed by atoms with Crippen molar-refractivity contribution in [3.8, 4) is 0 Å². The number of hydrogen-bond acceptors (Lipinski definition) is 4. The molecule has 4 rings (SSSR count). The summed E-state index contributed by atoms with van der Waals surface area (Å²) in [5, 5.41) is 2.01. The second kappa shape index (κ2) is 6.36. The fourth-order valence-corrected chi connectivity index (χ4v) is 5.38. The van der Waals surface area contributed by atoms with Gasteiger partial charge in [0.2, 0.25) is 0 Å². The zero-order chi connectivity index (χ0) is 15.8. The van der Waals surface area contributed by atoms with E-state index in [9.17, 15) is 4.79 Å². The van der Waals surface area contributed by atoms with Gasteiger partial charge in [0, 0.05) is 29.7 Å². The summed E-state index contributed by atoms with van der Waals surface area (Å²) in [7, 11) is 0. The van der Waals surface area contributed by atoms with Gasteiger partial charge in [-0.3, -0.25) is 14.1 Å². The van der Waals surface area contributed by atoms with Crippen molar-refractivity contribution in [2.75, 3.05) is 6.54 Å². The van der Waals surface area contributed by atoms with Crippen molar-refractivity contribution in [3.05, 3.63) is 33.2 Å². The van der Waals surface area contributed by atoms with Crippen molar-refractivity contribution in [2.45, 2.75) is 64.5 Å². The number of likely N-dealkylation sites (tertiary alicyclic amines) is 1. The summed E-state index contributed by atoms with van der Waals surface area (Å²) in [5.74, 6) is 0.861. The monoisotopic (exact) mass is 331 g/mol. The highest BCUT2D eigenvalue weighted by atomic mass is 32.1. The normalized spacial score (nSPS) is 23.8. The summed E-state index contributed by atoms with van der Waals surface area (Å²) >= 11 is 1.56. The van der Waals surface area contributed by atoms with E-state index in [2.05, 4.69) is 4.90 Å². The molecule has 0 unspecified atom stereocenters. The Hall–Kier alpha value is -1.20. The summed E-state index contributed by atoms with van der Waals surface area (Å²) in [6, 6.07) is 2.45. The number of fused-ring (bicyclic) bond motifs is 1. The average Bonchev–Trinajstić information content (AvgIpc) is 3.15. The van der Waals surface area contributed by atoms with E-state index in [0.717, 1.165) is 35.4 Å².